The lowest BCUT2D eigenvalue weighted by atomic mass is 9.89. The molecule has 0 aromatic heterocycles. The molecule has 1 aliphatic rings. The van der Waals surface area contributed by atoms with Gasteiger partial charge in [-0.05, 0) is 24.3 Å². The maximum Gasteiger partial charge on any atom is 0.226 e. The van der Waals surface area contributed by atoms with E-state index in [4.69, 9.17) is 5.73 Å². The van der Waals surface area contributed by atoms with Crippen LogP contribution < -0.4 is 5.73 Å². The van der Waals surface area contributed by atoms with E-state index in [1.165, 1.54) is 5.56 Å². The average molecular weight is 283 g/mol. The van der Waals surface area contributed by atoms with Crippen LogP contribution in [0, 0.1) is 5.92 Å². The Kier molecular flexibility index (Phi) is 6.32. The number of amides is 1. The quantitative estimate of drug-likeness (QED) is 0.925. The normalized spacial score (nSPS) is 17.7. The number of hydrogen-bond donors (Lipinski definition) is 1. The van der Waals surface area contributed by atoms with Gasteiger partial charge in [0.05, 0.1) is 0 Å². The molecule has 0 spiro atoms. The number of carbonyl (C=O) groups is 1. The summed E-state index contributed by atoms with van der Waals surface area (Å²) in [6.07, 6.45) is 2.13. The Hall–Kier alpha value is -1.06. The van der Waals surface area contributed by atoms with Crippen LogP contribution in [0.15, 0.2) is 30.3 Å². The highest BCUT2D eigenvalue weighted by atomic mass is 35.5. The number of halogens is 1. The second-order valence-corrected chi connectivity index (χ2v) is 5.15. The summed E-state index contributed by atoms with van der Waals surface area (Å²) in [6.45, 7) is 4.08. The predicted octanol–water partition coefficient (Wildman–Crippen LogP) is 2.41. The van der Waals surface area contributed by atoms with E-state index in [0.717, 1.165) is 25.9 Å². The highest BCUT2D eigenvalue weighted by Crippen LogP contribution is 2.28. The van der Waals surface area contributed by atoms with Gasteiger partial charge in [-0.15, -0.1) is 12.4 Å². The first-order valence-electron chi connectivity index (χ1n) is 6.76. The first kappa shape index (κ1) is 16.0. The summed E-state index contributed by atoms with van der Waals surface area (Å²) in [6, 6.07) is 10.6. The van der Waals surface area contributed by atoms with E-state index in [1.54, 1.807) is 0 Å². The molecule has 2 N–H and O–H groups in total. The molecule has 2 rings (SSSR count). The van der Waals surface area contributed by atoms with Crippen molar-refractivity contribution in [1.29, 1.82) is 0 Å². The summed E-state index contributed by atoms with van der Waals surface area (Å²) in [4.78, 5) is 14.0. The Morgan fingerprint density at radius 3 is 2.42 bits per heavy atom. The summed E-state index contributed by atoms with van der Waals surface area (Å²) in [5.41, 5.74) is 6.95. The van der Waals surface area contributed by atoms with Crippen LogP contribution in [0.2, 0.25) is 0 Å². The van der Waals surface area contributed by atoms with Crippen LogP contribution in [-0.4, -0.2) is 30.4 Å². The third kappa shape index (κ3) is 3.95. The van der Waals surface area contributed by atoms with Crippen molar-refractivity contribution in [2.24, 2.45) is 11.7 Å². The Morgan fingerprint density at radius 2 is 1.89 bits per heavy atom. The van der Waals surface area contributed by atoms with Crippen molar-refractivity contribution in [3.05, 3.63) is 35.9 Å². The molecule has 1 aromatic carbocycles. The van der Waals surface area contributed by atoms with E-state index in [2.05, 4.69) is 24.3 Å². The summed E-state index contributed by atoms with van der Waals surface area (Å²) < 4.78 is 0. The lowest BCUT2D eigenvalue weighted by Crippen LogP contribution is -2.42. The summed E-state index contributed by atoms with van der Waals surface area (Å²) >= 11 is 0. The fraction of sp³-hybridized carbons (Fsp3) is 0.533. The number of hydrogen-bond acceptors (Lipinski definition) is 2. The van der Waals surface area contributed by atoms with E-state index < -0.39 is 0 Å². The van der Waals surface area contributed by atoms with E-state index in [-0.39, 0.29) is 24.2 Å². The molecule has 0 saturated carbocycles. The van der Waals surface area contributed by atoms with Crippen LogP contribution in [-0.2, 0) is 4.79 Å². The largest absolute Gasteiger partial charge is 0.342 e. The van der Waals surface area contributed by atoms with Gasteiger partial charge in [-0.2, -0.15) is 0 Å². The van der Waals surface area contributed by atoms with Crippen molar-refractivity contribution in [2.75, 3.05) is 19.6 Å². The Morgan fingerprint density at radius 1 is 1.32 bits per heavy atom. The summed E-state index contributed by atoms with van der Waals surface area (Å²) in [5.74, 6) is 0.769. The van der Waals surface area contributed by atoms with Gasteiger partial charge >= 0.3 is 0 Å². The zero-order valence-corrected chi connectivity index (χ0v) is 12.2. The minimum atomic E-state index is -0.0433. The van der Waals surface area contributed by atoms with Crippen molar-refractivity contribution < 1.29 is 4.79 Å². The third-order valence-electron chi connectivity index (χ3n) is 3.85. The molecule has 1 amide bonds. The van der Waals surface area contributed by atoms with Crippen molar-refractivity contribution in [2.45, 2.75) is 25.7 Å². The van der Waals surface area contributed by atoms with Gasteiger partial charge in [-0.1, -0.05) is 37.3 Å². The monoisotopic (exact) mass is 282 g/mol. The molecule has 0 radical (unpaired) electrons. The second-order valence-electron chi connectivity index (χ2n) is 5.15. The Labute approximate surface area is 121 Å². The fourth-order valence-electron chi connectivity index (χ4n) is 2.57. The van der Waals surface area contributed by atoms with Gasteiger partial charge in [0.1, 0.15) is 0 Å². The minimum Gasteiger partial charge on any atom is -0.342 e. The van der Waals surface area contributed by atoms with Gasteiger partial charge in [0.2, 0.25) is 5.91 Å². The van der Waals surface area contributed by atoms with E-state index in [1.807, 2.05) is 17.9 Å². The first-order chi connectivity index (χ1) is 8.72. The van der Waals surface area contributed by atoms with Crippen LogP contribution >= 0.6 is 12.4 Å². The Balaban J connectivity index is 0.00000180. The maximum absolute atomic E-state index is 12.0. The molecule has 0 bridgehead atoms. The molecular formula is C15H23ClN2O. The van der Waals surface area contributed by atoms with Crippen LogP contribution in [0.3, 0.4) is 0 Å². The molecule has 0 aliphatic carbocycles. The standard InChI is InChI=1S/C15H22N2O.ClH/c1-12(11-16)15(18)17-9-7-14(8-10-17)13-5-3-2-4-6-13;/h2-6,12,14H,7-11,16H2,1H3;1H. The van der Waals surface area contributed by atoms with E-state index >= 15 is 0 Å². The molecular weight excluding hydrogens is 260 g/mol. The van der Waals surface area contributed by atoms with Gasteiger partial charge in [0.25, 0.3) is 0 Å². The number of likely N-dealkylation sites (tertiary alicyclic amines) is 1. The van der Waals surface area contributed by atoms with E-state index in [9.17, 15) is 4.79 Å². The van der Waals surface area contributed by atoms with E-state index in [0.29, 0.717) is 12.5 Å². The lowest BCUT2D eigenvalue weighted by molar-refractivity contribution is -0.135. The van der Waals surface area contributed by atoms with Crippen molar-refractivity contribution >= 4 is 18.3 Å². The molecule has 1 unspecified atom stereocenters. The lowest BCUT2D eigenvalue weighted by Gasteiger charge is -2.33. The van der Waals surface area contributed by atoms with Gasteiger partial charge in [0, 0.05) is 25.6 Å². The molecule has 3 nitrogen and oxygen atoms in total. The fourth-order valence-corrected chi connectivity index (χ4v) is 2.57. The second kappa shape index (κ2) is 7.51. The van der Waals surface area contributed by atoms with Crippen molar-refractivity contribution in [3.8, 4) is 0 Å². The van der Waals surface area contributed by atoms with Crippen LogP contribution in [0.25, 0.3) is 0 Å². The molecule has 1 atom stereocenters. The third-order valence-corrected chi connectivity index (χ3v) is 3.85. The molecule has 1 saturated heterocycles. The zero-order chi connectivity index (χ0) is 13.0. The van der Waals surface area contributed by atoms with Gasteiger partial charge in [0.15, 0.2) is 0 Å². The summed E-state index contributed by atoms with van der Waals surface area (Å²) in [5, 5.41) is 0. The molecule has 1 aromatic rings. The van der Waals surface area contributed by atoms with Crippen LogP contribution in [0.1, 0.15) is 31.2 Å². The number of carbonyl (C=O) groups excluding carboxylic acids is 1. The molecule has 1 aliphatic heterocycles. The first-order valence-corrected chi connectivity index (χ1v) is 6.76. The number of nitrogens with two attached hydrogens (primary N) is 1. The van der Waals surface area contributed by atoms with Gasteiger partial charge in [-0.25, -0.2) is 0 Å². The topological polar surface area (TPSA) is 46.3 Å². The van der Waals surface area contributed by atoms with Crippen molar-refractivity contribution in [1.82, 2.24) is 4.90 Å². The highest BCUT2D eigenvalue weighted by Gasteiger charge is 2.25. The van der Waals surface area contributed by atoms with Crippen LogP contribution in [0.5, 0.6) is 0 Å². The number of nitrogens with zero attached hydrogens (tertiary/aromatic N) is 1. The smallest absolute Gasteiger partial charge is 0.226 e. The van der Waals surface area contributed by atoms with Gasteiger partial charge < -0.3 is 10.6 Å². The average Bonchev–Trinajstić information content (AvgIpc) is 2.47. The highest BCUT2D eigenvalue weighted by molar-refractivity contribution is 5.85. The summed E-state index contributed by atoms with van der Waals surface area (Å²) in [7, 11) is 0. The minimum absolute atomic E-state index is 0. The van der Waals surface area contributed by atoms with Gasteiger partial charge in [-0.3, -0.25) is 4.79 Å². The predicted molar refractivity (Wildman–Crippen MR) is 80.5 cm³/mol. The molecule has 1 heterocycles. The van der Waals surface area contributed by atoms with Crippen molar-refractivity contribution in [3.63, 3.8) is 0 Å². The molecule has 1 fully saturated rings. The SMILES string of the molecule is CC(CN)C(=O)N1CCC(c2ccccc2)CC1.Cl. The number of piperidine rings is 1. The maximum atomic E-state index is 12.0. The molecule has 106 valence electrons. The number of benzene rings is 1. The number of rotatable bonds is 3. The zero-order valence-electron chi connectivity index (χ0n) is 11.4. The van der Waals surface area contributed by atoms with Crippen LogP contribution in [0.4, 0.5) is 0 Å². The molecule has 19 heavy (non-hydrogen) atoms. The Bertz CT molecular complexity index is 388. The molecule has 4 heteroatoms.